The van der Waals surface area contributed by atoms with Gasteiger partial charge in [0.25, 0.3) is 0 Å². The summed E-state index contributed by atoms with van der Waals surface area (Å²) in [5.74, 6) is 0. The number of nitrogens with zero attached hydrogens (tertiary/aromatic N) is 1. The molecule has 0 aliphatic heterocycles. The van der Waals surface area contributed by atoms with E-state index < -0.39 is 15.3 Å². The monoisotopic (exact) mass is 354 g/mol. The molecule has 0 aliphatic carbocycles. The Kier molecular flexibility index (Phi) is 6.26. The van der Waals surface area contributed by atoms with Crippen LogP contribution in [-0.2, 0) is 16.6 Å². The lowest BCUT2D eigenvalue weighted by atomic mass is 10.5. The molecule has 4 nitrogen and oxygen atoms in total. The average Bonchev–Trinajstić information content (AvgIpc) is 2.71. The molecule has 0 spiro atoms. The molecule has 18 heavy (non-hydrogen) atoms. The summed E-state index contributed by atoms with van der Waals surface area (Å²) in [5, 5.41) is 4.61. The highest BCUT2D eigenvalue weighted by Gasteiger charge is 2.25. The molecule has 0 radical (unpaired) electrons. The lowest BCUT2D eigenvalue weighted by Gasteiger charge is -2.21. The van der Waals surface area contributed by atoms with Gasteiger partial charge in [0.1, 0.15) is 0 Å². The summed E-state index contributed by atoms with van der Waals surface area (Å²) in [6.45, 7) is 5.39. The number of hydrogen-bond acceptors (Lipinski definition) is 4. The van der Waals surface area contributed by atoms with E-state index in [2.05, 4.69) is 21.2 Å². The fraction of sp³-hybridized carbons (Fsp3) is 0.636. The van der Waals surface area contributed by atoms with Gasteiger partial charge in [0.15, 0.2) is 0 Å². The molecule has 1 N–H and O–H groups in total. The molecule has 7 heteroatoms. The van der Waals surface area contributed by atoms with Crippen LogP contribution >= 0.6 is 27.3 Å². The van der Waals surface area contributed by atoms with Crippen molar-refractivity contribution in [2.24, 2.45) is 0 Å². The largest absolute Gasteiger partial charge is 0.316 e. The minimum Gasteiger partial charge on any atom is -0.316 e. The van der Waals surface area contributed by atoms with E-state index >= 15 is 0 Å². The average molecular weight is 355 g/mol. The summed E-state index contributed by atoms with van der Waals surface area (Å²) in [5.41, 5.74) is 0. The number of nitrogens with one attached hydrogen (secondary N) is 1. The highest BCUT2D eigenvalue weighted by molar-refractivity contribution is 9.10. The number of hydrogen-bond donors (Lipinski definition) is 1. The van der Waals surface area contributed by atoms with Crippen LogP contribution in [0.5, 0.6) is 0 Å². The Labute approximate surface area is 122 Å². The van der Waals surface area contributed by atoms with Crippen molar-refractivity contribution >= 4 is 37.3 Å². The maximum absolute atomic E-state index is 12.2. The molecule has 0 aliphatic rings. The number of sulfonamides is 1. The van der Waals surface area contributed by atoms with Gasteiger partial charge in [-0.15, -0.1) is 11.3 Å². The Morgan fingerprint density at radius 3 is 2.72 bits per heavy atom. The molecule has 0 fully saturated rings. The van der Waals surface area contributed by atoms with Crippen LogP contribution in [0.25, 0.3) is 0 Å². The minimum absolute atomic E-state index is 0.411. The van der Waals surface area contributed by atoms with E-state index in [1.807, 2.05) is 18.4 Å². The molecule has 1 heterocycles. The summed E-state index contributed by atoms with van der Waals surface area (Å²) in [4.78, 5) is 1.03. The molecule has 1 atom stereocenters. The van der Waals surface area contributed by atoms with Crippen molar-refractivity contribution in [1.82, 2.24) is 9.62 Å². The predicted molar refractivity (Wildman–Crippen MR) is 80.4 cm³/mol. The van der Waals surface area contributed by atoms with Crippen molar-refractivity contribution in [3.05, 3.63) is 20.8 Å². The highest BCUT2D eigenvalue weighted by Crippen LogP contribution is 2.22. The Hall–Kier alpha value is 0.0500. The third-order valence-corrected chi connectivity index (χ3v) is 6.49. The first-order valence-corrected chi connectivity index (χ1v) is 8.94. The van der Waals surface area contributed by atoms with Crippen LogP contribution in [0.2, 0.25) is 0 Å². The van der Waals surface area contributed by atoms with Crippen LogP contribution in [0.3, 0.4) is 0 Å². The van der Waals surface area contributed by atoms with E-state index in [9.17, 15) is 8.42 Å². The minimum atomic E-state index is -3.24. The summed E-state index contributed by atoms with van der Waals surface area (Å²) in [6.07, 6.45) is 0. The molecular formula is C11H19BrN2O2S2. The van der Waals surface area contributed by atoms with Gasteiger partial charge in [0, 0.05) is 34.9 Å². The Morgan fingerprint density at radius 2 is 2.22 bits per heavy atom. The van der Waals surface area contributed by atoms with E-state index in [0.717, 1.165) is 15.9 Å². The first-order chi connectivity index (χ1) is 8.37. The van der Waals surface area contributed by atoms with Gasteiger partial charge in [-0.3, -0.25) is 0 Å². The third kappa shape index (κ3) is 4.31. The molecule has 0 amide bonds. The normalized spacial score (nSPS) is 14.1. The van der Waals surface area contributed by atoms with Crippen LogP contribution in [0.15, 0.2) is 15.9 Å². The molecule has 1 unspecified atom stereocenters. The maximum Gasteiger partial charge on any atom is 0.218 e. The topological polar surface area (TPSA) is 49.4 Å². The van der Waals surface area contributed by atoms with Crippen molar-refractivity contribution < 1.29 is 8.42 Å². The highest BCUT2D eigenvalue weighted by atomic mass is 79.9. The van der Waals surface area contributed by atoms with Crippen molar-refractivity contribution in [2.75, 3.05) is 20.1 Å². The Bertz CT molecular complexity index is 473. The first-order valence-electron chi connectivity index (χ1n) is 5.76. The summed E-state index contributed by atoms with van der Waals surface area (Å²) in [7, 11) is -1.61. The molecular weight excluding hydrogens is 336 g/mol. The predicted octanol–water partition coefficient (Wildman–Crippen LogP) is 2.27. The second kappa shape index (κ2) is 7.00. The smallest absolute Gasteiger partial charge is 0.218 e. The van der Waals surface area contributed by atoms with Crippen LogP contribution in [0.4, 0.5) is 0 Å². The van der Waals surface area contributed by atoms with E-state index in [4.69, 9.17) is 0 Å². The van der Waals surface area contributed by atoms with Crippen LogP contribution in [-0.4, -0.2) is 38.1 Å². The first kappa shape index (κ1) is 16.1. The lowest BCUT2D eigenvalue weighted by molar-refractivity contribution is 0.457. The SMILES string of the molecule is CCNCC(C)S(=O)(=O)N(C)Cc1cc(Br)cs1. The molecule has 1 aromatic heterocycles. The second-order valence-electron chi connectivity index (χ2n) is 4.15. The van der Waals surface area contributed by atoms with Crippen LogP contribution in [0.1, 0.15) is 18.7 Å². The zero-order chi connectivity index (χ0) is 13.8. The van der Waals surface area contributed by atoms with Gasteiger partial charge in [-0.05, 0) is 35.5 Å². The summed E-state index contributed by atoms with van der Waals surface area (Å²) >= 11 is 4.92. The Morgan fingerprint density at radius 1 is 1.56 bits per heavy atom. The van der Waals surface area contributed by atoms with E-state index in [0.29, 0.717) is 13.1 Å². The quantitative estimate of drug-likeness (QED) is 0.816. The Balaban J connectivity index is 2.66. The van der Waals surface area contributed by atoms with Crippen LogP contribution < -0.4 is 5.32 Å². The number of rotatable bonds is 7. The molecule has 0 aromatic carbocycles. The van der Waals surface area contributed by atoms with Crippen molar-refractivity contribution in [3.63, 3.8) is 0 Å². The fourth-order valence-electron chi connectivity index (χ4n) is 1.51. The molecule has 0 saturated carbocycles. The summed E-state index contributed by atoms with van der Waals surface area (Å²) < 4.78 is 26.9. The third-order valence-electron chi connectivity index (χ3n) is 2.62. The van der Waals surface area contributed by atoms with Gasteiger partial charge in [-0.25, -0.2) is 8.42 Å². The molecule has 0 bridgehead atoms. The zero-order valence-electron chi connectivity index (χ0n) is 10.8. The van der Waals surface area contributed by atoms with Gasteiger partial charge in [0.2, 0.25) is 10.0 Å². The molecule has 1 rings (SSSR count). The van der Waals surface area contributed by atoms with Gasteiger partial charge in [0.05, 0.1) is 5.25 Å². The van der Waals surface area contributed by atoms with E-state index in [1.165, 1.54) is 4.31 Å². The molecule has 1 aromatic rings. The van der Waals surface area contributed by atoms with Crippen molar-refractivity contribution in [2.45, 2.75) is 25.6 Å². The van der Waals surface area contributed by atoms with Crippen molar-refractivity contribution in [3.8, 4) is 0 Å². The fourth-order valence-corrected chi connectivity index (χ4v) is 4.35. The number of halogens is 1. The van der Waals surface area contributed by atoms with Crippen molar-refractivity contribution in [1.29, 1.82) is 0 Å². The van der Waals surface area contributed by atoms with Gasteiger partial charge in [-0.1, -0.05) is 6.92 Å². The van der Waals surface area contributed by atoms with Crippen LogP contribution in [0, 0.1) is 0 Å². The lowest BCUT2D eigenvalue weighted by Crippen LogP contribution is -2.39. The van der Waals surface area contributed by atoms with Gasteiger partial charge in [-0.2, -0.15) is 4.31 Å². The van der Waals surface area contributed by atoms with E-state index in [-0.39, 0.29) is 0 Å². The molecule has 0 saturated heterocycles. The maximum atomic E-state index is 12.2. The van der Waals surface area contributed by atoms with Gasteiger partial charge >= 0.3 is 0 Å². The van der Waals surface area contributed by atoms with E-state index in [1.54, 1.807) is 25.3 Å². The van der Waals surface area contributed by atoms with Gasteiger partial charge < -0.3 is 5.32 Å². The summed E-state index contributed by atoms with van der Waals surface area (Å²) in [6, 6.07) is 1.95. The molecule has 104 valence electrons. The standard InChI is InChI=1S/C11H19BrN2O2S2/c1-4-13-6-9(2)18(15,16)14(3)7-11-5-10(12)8-17-11/h5,8-9,13H,4,6-7H2,1-3H3. The zero-order valence-corrected chi connectivity index (χ0v) is 14.0. The second-order valence-corrected chi connectivity index (χ2v) is 8.52. The number of thiophene rings is 1.